The van der Waals surface area contributed by atoms with Gasteiger partial charge in [-0.1, -0.05) is 12.1 Å². The molecule has 4 rings (SSSR count). The Morgan fingerprint density at radius 1 is 0.868 bits per heavy atom. The molecule has 0 fully saturated rings. The number of benzene rings is 4. The van der Waals surface area contributed by atoms with E-state index in [1.165, 1.54) is 19.2 Å². The highest BCUT2D eigenvalue weighted by Crippen LogP contribution is 2.35. The van der Waals surface area contributed by atoms with E-state index >= 15 is 0 Å². The second-order valence-electron chi connectivity index (χ2n) is 8.14. The smallest absolute Gasteiger partial charge is 0.316 e. The number of nitrogens with one attached hydrogen (secondary N) is 1. The van der Waals surface area contributed by atoms with Crippen LogP contribution >= 0.6 is 0 Å². The molecule has 0 heterocycles. The van der Waals surface area contributed by atoms with Gasteiger partial charge in [-0.2, -0.15) is 23.8 Å². The molecule has 12 nitrogen and oxygen atoms in total. The third-order valence-electron chi connectivity index (χ3n) is 5.43. The maximum atomic E-state index is 11.6. The molecule has 6 N–H and O–H groups in total. The van der Waals surface area contributed by atoms with Gasteiger partial charge in [-0.05, 0) is 71.8 Å². The molecule has 0 bridgehead atoms. The lowest BCUT2D eigenvalue weighted by molar-refractivity contribution is 0.259. The molecule has 0 saturated heterocycles. The van der Waals surface area contributed by atoms with Crippen LogP contribution in [0.4, 0.5) is 38.9 Å². The Morgan fingerprint density at radius 2 is 1.50 bits per heavy atom. The molecule has 13 heteroatoms. The lowest BCUT2D eigenvalue weighted by Gasteiger charge is -2.08. The maximum absolute atomic E-state index is 11.6. The highest BCUT2D eigenvalue weighted by molar-refractivity contribution is 7.85. The van der Waals surface area contributed by atoms with Gasteiger partial charge in [0.15, 0.2) is 0 Å². The van der Waals surface area contributed by atoms with Gasteiger partial charge in [0.2, 0.25) is 0 Å². The first-order valence-corrected chi connectivity index (χ1v) is 12.5. The summed E-state index contributed by atoms with van der Waals surface area (Å²) in [6, 6.07) is 16.6. The number of fused-ring (bicyclic) bond motifs is 1. The van der Waals surface area contributed by atoms with Crippen molar-refractivity contribution >= 4 is 61.0 Å². The molecule has 38 heavy (non-hydrogen) atoms. The van der Waals surface area contributed by atoms with Crippen molar-refractivity contribution in [3.63, 3.8) is 0 Å². The quantitative estimate of drug-likeness (QED) is 0.122. The molecule has 0 spiro atoms. The number of primary amides is 1. The molecule has 194 valence electrons. The van der Waals surface area contributed by atoms with Gasteiger partial charge in [-0.25, -0.2) is 4.79 Å². The fourth-order valence-corrected chi connectivity index (χ4v) is 4.06. The van der Waals surface area contributed by atoms with Crippen molar-refractivity contribution in [3.05, 3.63) is 72.3 Å². The minimum Gasteiger partial charge on any atom is -0.495 e. The number of carbonyl (C=O) groups is 1. The van der Waals surface area contributed by atoms with E-state index in [4.69, 9.17) is 16.2 Å². The standard InChI is InChI=1S/C25H23N7O5S/c1-14-9-20(26)24(37-2)13-22(14)32-30-18-6-8-21(23(12-18)28-25(27)33)31-29-17-5-3-16-11-19(38(34,35)36)7-4-15(16)10-17/h3-13H,26H2,1-2H3,(H3,27,28,33)(H,34,35,36). The highest BCUT2D eigenvalue weighted by atomic mass is 32.2. The molecule has 0 aromatic heterocycles. The van der Waals surface area contributed by atoms with E-state index in [1.54, 1.807) is 54.6 Å². The summed E-state index contributed by atoms with van der Waals surface area (Å²) >= 11 is 0. The Morgan fingerprint density at radius 3 is 2.18 bits per heavy atom. The number of anilines is 2. The van der Waals surface area contributed by atoms with Crippen LogP contribution in [0, 0.1) is 6.92 Å². The lowest BCUT2D eigenvalue weighted by atomic mass is 10.1. The zero-order valence-electron chi connectivity index (χ0n) is 20.3. The summed E-state index contributed by atoms with van der Waals surface area (Å²) in [6.45, 7) is 1.84. The predicted octanol–water partition coefficient (Wildman–Crippen LogP) is 6.31. The van der Waals surface area contributed by atoms with Gasteiger partial charge in [-0.15, -0.1) is 5.11 Å². The number of methoxy groups -OCH3 is 1. The lowest BCUT2D eigenvalue weighted by Crippen LogP contribution is -2.19. The predicted molar refractivity (Wildman–Crippen MR) is 144 cm³/mol. The molecular formula is C25H23N7O5S. The van der Waals surface area contributed by atoms with E-state index in [1.807, 2.05) is 6.92 Å². The molecule has 0 aliphatic heterocycles. The SMILES string of the molecule is COc1cc(N=Nc2ccc(N=Nc3ccc4cc(S(=O)(=O)O)ccc4c3)c(NC(N)=O)c2)c(C)cc1N. The van der Waals surface area contributed by atoms with Crippen LogP contribution in [0.3, 0.4) is 0 Å². The van der Waals surface area contributed by atoms with Crippen LogP contribution in [0.5, 0.6) is 5.75 Å². The van der Waals surface area contributed by atoms with Gasteiger partial charge in [0.1, 0.15) is 11.4 Å². The number of hydrogen-bond donors (Lipinski definition) is 4. The number of azo groups is 2. The van der Waals surface area contributed by atoms with Crippen LogP contribution in [-0.2, 0) is 10.1 Å². The monoisotopic (exact) mass is 533 g/mol. The van der Waals surface area contributed by atoms with Gasteiger partial charge < -0.3 is 21.5 Å². The van der Waals surface area contributed by atoms with Crippen LogP contribution in [0.2, 0.25) is 0 Å². The Bertz CT molecular complexity index is 1720. The second-order valence-corrected chi connectivity index (χ2v) is 9.56. The van der Waals surface area contributed by atoms with Gasteiger partial charge in [-0.3, -0.25) is 4.55 Å². The molecule has 0 aliphatic carbocycles. The highest BCUT2D eigenvalue weighted by Gasteiger charge is 2.11. The van der Waals surface area contributed by atoms with E-state index < -0.39 is 16.1 Å². The topological polar surface area (TPSA) is 194 Å². The number of nitrogens with two attached hydrogens (primary N) is 2. The van der Waals surface area contributed by atoms with Gasteiger partial charge in [0.05, 0.1) is 40.4 Å². The average Bonchev–Trinajstić information content (AvgIpc) is 2.86. The van der Waals surface area contributed by atoms with Crippen molar-refractivity contribution in [1.82, 2.24) is 0 Å². The van der Waals surface area contributed by atoms with Crippen LogP contribution in [-0.4, -0.2) is 26.1 Å². The molecule has 0 atom stereocenters. The molecule has 4 aromatic carbocycles. The second kappa shape index (κ2) is 10.6. The number of ether oxygens (including phenoxy) is 1. The molecule has 0 unspecified atom stereocenters. The number of aryl methyl sites for hydroxylation is 1. The molecule has 0 aliphatic rings. The fourth-order valence-electron chi connectivity index (χ4n) is 3.55. The van der Waals surface area contributed by atoms with Crippen LogP contribution in [0.25, 0.3) is 10.8 Å². The minimum atomic E-state index is -4.31. The van der Waals surface area contributed by atoms with E-state index in [9.17, 15) is 17.8 Å². The summed E-state index contributed by atoms with van der Waals surface area (Å²) in [5.41, 5.74) is 14.6. The summed E-state index contributed by atoms with van der Waals surface area (Å²) < 4.78 is 37.2. The van der Waals surface area contributed by atoms with Crippen molar-refractivity contribution in [3.8, 4) is 5.75 Å². The van der Waals surface area contributed by atoms with Crippen molar-refractivity contribution < 1.29 is 22.5 Å². The summed E-state index contributed by atoms with van der Waals surface area (Å²) in [5, 5.41) is 20.7. The maximum Gasteiger partial charge on any atom is 0.316 e. The third-order valence-corrected chi connectivity index (χ3v) is 6.28. The summed E-state index contributed by atoms with van der Waals surface area (Å²) in [6.07, 6.45) is 0. The first kappa shape index (κ1) is 26.2. The van der Waals surface area contributed by atoms with E-state index in [2.05, 4.69) is 25.8 Å². The first-order chi connectivity index (χ1) is 18.0. The van der Waals surface area contributed by atoms with Crippen molar-refractivity contribution in [1.29, 1.82) is 0 Å². The van der Waals surface area contributed by atoms with Crippen LogP contribution < -0.4 is 21.5 Å². The summed E-state index contributed by atoms with van der Waals surface area (Å²) in [5.74, 6) is 0.476. The molecule has 0 radical (unpaired) electrons. The Labute approximate surface area is 217 Å². The number of carbonyl (C=O) groups excluding carboxylic acids is 1. The van der Waals surface area contributed by atoms with E-state index in [0.29, 0.717) is 45.0 Å². The number of nitrogen functional groups attached to an aromatic ring is 1. The zero-order chi connectivity index (χ0) is 27.4. The summed E-state index contributed by atoms with van der Waals surface area (Å²) in [7, 11) is -2.80. The van der Waals surface area contributed by atoms with Crippen LogP contribution in [0.1, 0.15) is 5.56 Å². The van der Waals surface area contributed by atoms with Gasteiger partial charge in [0.25, 0.3) is 10.1 Å². The average molecular weight is 534 g/mol. The third kappa shape index (κ3) is 6.08. The fraction of sp³-hybridized carbons (Fsp3) is 0.0800. The van der Waals surface area contributed by atoms with Crippen LogP contribution in [0.15, 0.2) is 92.1 Å². The largest absolute Gasteiger partial charge is 0.495 e. The number of nitrogens with zero attached hydrogens (tertiary/aromatic N) is 4. The minimum absolute atomic E-state index is 0.204. The number of urea groups is 1. The Balaban J connectivity index is 1.62. The van der Waals surface area contributed by atoms with Crippen molar-refractivity contribution in [2.45, 2.75) is 11.8 Å². The van der Waals surface area contributed by atoms with Crippen molar-refractivity contribution in [2.24, 2.45) is 26.2 Å². The van der Waals surface area contributed by atoms with Gasteiger partial charge >= 0.3 is 6.03 Å². The summed E-state index contributed by atoms with van der Waals surface area (Å²) in [4.78, 5) is 11.4. The molecule has 2 amide bonds. The Hall–Kier alpha value is -4.88. The van der Waals surface area contributed by atoms with Gasteiger partial charge in [0, 0.05) is 6.07 Å². The first-order valence-electron chi connectivity index (χ1n) is 11.0. The van der Waals surface area contributed by atoms with Crippen molar-refractivity contribution in [2.75, 3.05) is 18.2 Å². The normalized spacial score (nSPS) is 11.9. The number of hydrogen-bond acceptors (Lipinski definition) is 9. The molecular weight excluding hydrogens is 510 g/mol. The zero-order valence-corrected chi connectivity index (χ0v) is 21.1. The molecule has 0 saturated carbocycles. The Kier molecular flexibility index (Phi) is 7.32. The number of rotatable bonds is 7. The van der Waals surface area contributed by atoms with E-state index in [0.717, 1.165) is 5.56 Å². The van der Waals surface area contributed by atoms with E-state index in [-0.39, 0.29) is 10.6 Å². The number of amides is 2. The molecule has 4 aromatic rings.